The number of hydrogen-bond donors (Lipinski definition) is 5. The van der Waals surface area contributed by atoms with Gasteiger partial charge in [0.25, 0.3) is 0 Å². The van der Waals surface area contributed by atoms with Crippen LogP contribution >= 0.6 is 0 Å². The fourth-order valence-corrected chi connectivity index (χ4v) is 7.14. The number of nitrogens with one attached hydrogen (secondary N) is 1. The van der Waals surface area contributed by atoms with Crippen molar-refractivity contribution in [3.63, 3.8) is 0 Å². The van der Waals surface area contributed by atoms with Gasteiger partial charge in [-0.15, -0.1) is 0 Å². The van der Waals surface area contributed by atoms with E-state index in [-0.39, 0.29) is 0 Å². The molecule has 0 aromatic carbocycles. The van der Waals surface area contributed by atoms with Crippen LogP contribution in [0, 0.1) is 0 Å². The maximum absolute atomic E-state index is 12.5. The van der Waals surface area contributed by atoms with Crippen molar-refractivity contribution in [1.82, 2.24) is 5.32 Å². The van der Waals surface area contributed by atoms with Crippen molar-refractivity contribution in [2.75, 3.05) is 6.61 Å². The molecule has 0 saturated carbocycles. The molecule has 0 aliphatic rings. The van der Waals surface area contributed by atoms with Crippen LogP contribution in [-0.4, -0.2) is 57.3 Å². The largest absolute Gasteiger partial charge is 0.394 e. The number of allylic oxidation sites excluding steroid dienone is 8. The first-order chi connectivity index (χ1) is 27.5. The minimum absolute atomic E-state index is 0.350. The first-order valence-electron chi connectivity index (χ1n) is 24.0. The molecule has 0 bridgehead atoms. The second kappa shape index (κ2) is 44.4. The first kappa shape index (κ1) is 54.3. The van der Waals surface area contributed by atoms with Crippen LogP contribution in [0.25, 0.3) is 0 Å². The summed E-state index contributed by atoms with van der Waals surface area (Å²) in [4.78, 5) is 12.5. The highest BCUT2D eigenvalue weighted by Gasteiger charge is 2.28. The van der Waals surface area contributed by atoms with Gasteiger partial charge in [0.15, 0.2) is 0 Å². The Balaban J connectivity index is 3.78. The van der Waals surface area contributed by atoms with E-state index >= 15 is 0 Å². The zero-order valence-corrected chi connectivity index (χ0v) is 36.9. The molecule has 0 aliphatic heterocycles. The molecule has 4 atom stereocenters. The predicted molar refractivity (Wildman–Crippen MR) is 242 cm³/mol. The molecular weight excluding hydrogens is 695 g/mol. The molecule has 0 aliphatic carbocycles. The number of rotatable bonds is 43. The van der Waals surface area contributed by atoms with Gasteiger partial charge in [0.1, 0.15) is 12.2 Å². The van der Waals surface area contributed by atoms with Gasteiger partial charge >= 0.3 is 0 Å². The van der Waals surface area contributed by atoms with Crippen LogP contribution in [0.4, 0.5) is 0 Å². The van der Waals surface area contributed by atoms with Crippen molar-refractivity contribution in [2.45, 2.75) is 257 Å². The lowest BCUT2D eigenvalue weighted by Gasteiger charge is -2.27. The maximum Gasteiger partial charge on any atom is 0.249 e. The van der Waals surface area contributed by atoms with E-state index in [2.05, 4.69) is 67.8 Å². The zero-order chi connectivity index (χ0) is 41.0. The smallest absolute Gasteiger partial charge is 0.249 e. The van der Waals surface area contributed by atoms with E-state index in [1.807, 2.05) is 0 Å². The van der Waals surface area contributed by atoms with E-state index in [4.69, 9.17) is 0 Å². The zero-order valence-electron chi connectivity index (χ0n) is 36.9. The molecule has 6 heteroatoms. The second-order valence-corrected chi connectivity index (χ2v) is 16.4. The lowest BCUT2D eigenvalue weighted by atomic mass is 10.00. The van der Waals surface area contributed by atoms with E-state index < -0.39 is 36.9 Å². The summed E-state index contributed by atoms with van der Waals surface area (Å²) in [6.07, 6.45) is 54.4. The SMILES string of the molecule is CCCCCC/C=C\CCCCCCCCC(O)C(=O)NC(CO)C(O)C(O)CCC/C=C/CC/C=C/CC/C=C/CCCCCCCCCCCCCCC. The van der Waals surface area contributed by atoms with Crippen molar-refractivity contribution in [3.05, 3.63) is 48.6 Å². The number of hydrogen-bond acceptors (Lipinski definition) is 5. The van der Waals surface area contributed by atoms with E-state index in [9.17, 15) is 25.2 Å². The van der Waals surface area contributed by atoms with Crippen molar-refractivity contribution < 1.29 is 25.2 Å². The van der Waals surface area contributed by atoms with Crippen LogP contribution in [0.15, 0.2) is 48.6 Å². The average Bonchev–Trinajstić information content (AvgIpc) is 3.20. The Morgan fingerprint density at radius 3 is 1.14 bits per heavy atom. The Kier molecular flexibility index (Phi) is 43.0. The molecule has 56 heavy (non-hydrogen) atoms. The molecule has 5 N–H and O–H groups in total. The fourth-order valence-electron chi connectivity index (χ4n) is 7.14. The van der Waals surface area contributed by atoms with Gasteiger partial charge in [-0.3, -0.25) is 4.79 Å². The van der Waals surface area contributed by atoms with Gasteiger partial charge in [-0.2, -0.15) is 0 Å². The van der Waals surface area contributed by atoms with Gasteiger partial charge in [-0.05, 0) is 89.9 Å². The number of aliphatic hydroxyl groups is 4. The highest BCUT2D eigenvalue weighted by atomic mass is 16.3. The van der Waals surface area contributed by atoms with Crippen molar-refractivity contribution >= 4 is 5.91 Å². The molecule has 0 spiro atoms. The fraction of sp³-hybridized carbons (Fsp3) is 0.820. The molecule has 0 aromatic heterocycles. The highest BCUT2D eigenvalue weighted by Crippen LogP contribution is 2.15. The molecule has 0 radical (unpaired) electrons. The lowest BCUT2D eigenvalue weighted by molar-refractivity contribution is -0.132. The number of unbranched alkanes of at least 4 members (excludes halogenated alkanes) is 26. The quantitative estimate of drug-likeness (QED) is 0.0312. The summed E-state index contributed by atoms with van der Waals surface area (Å²) in [5, 5.41) is 43.7. The molecule has 0 aromatic rings. The van der Waals surface area contributed by atoms with E-state index in [0.717, 1.165) is 64.2 Å². The van der Waals surface area contributed by atoms with Gasteiger partial charge in [-0.1, -0.05) is 191 Å². The third kappa shape index (κ3) is 37.8. The Hall–Kier alpha value is -1.73. The molecule has 328 valence electrons. The van der Waals surface area contributed by atoms with Crippen LogP contribution in [-0.2, 0) is 4.79 Å². The van der Waals surface area contributed by atoms with Gasteiger partial charge in [0.05, 0.1) is 18.8 Å². The molecule has 6 nitrogen and oxygen atoms in total. The second-order valence-electron chi connectivity index (χ2n) is 16.4. The van der Waals surface area contributed by atoms with Crippen LogP contribution in [0.1, 0.15) is 232 Å². The minimum atomic E-state index is -1.30. The van der Waals surface area contributed by atoms with Crippen molar-refractivity contribution in [3.8, 4) is 0 Å². The average molecular weight is 788 g/mol. The third-order valence-corrected chi connectivity index (χ3v) is 11.0. The van der Waals surface area contributed by atoms with Gasteiger partial charge in [-0.25, -0.2) is 0 Å². The summed E-state index contributed by atoms with van der Waals surface area (Å²) in [7, 11) is 0. The summed E-state index contributed by atoms with van der Waals surface area (Å²) in [5.74, 6) is -0.606. The van der Waals surface area contributed by atoms with Crippen molar-refractivity contribution in [2.24, 2.45) is 0 Å². The van der Waals surface area contributed by atoms with Crippen LogP contribution in [0.5, 0.6) is 0 Å². The highest BCUT2D eigenvalue weighted by molar-refractivity contribution is 5.80. The minimum Gasteiger partial charge on any atom is -0.394 e. The Morgan fingerprint density at radius 2 is 0.750 bits per heavy atom. The van der Waals surface area contributed by atoms with Crippen LogP contribution in [0.2, 0.25) is 0 Å². The van der Waals surface area contributed by atoms with Crippen LogP contribution in [0.3, 0.4) is 0 Å². The van der Waals surface area contributed by atoms with Gasteiger partial charge < -0.3 is 25.7 Å². The molecule has 0 heterocycles. The summed E-state index contributed by atoms with van der Waals surface area (Å²) in [5.41, 5.74) is 0. The lowest BCUT2D eigenvalue weighted by Crippen LogP contribution is -2.53. The summed E-state index contributed by atoms with van der Waals surface area (Å²) in [6.45, 7) is 4.02. The molecule has 4 unspecified atom stereocenters. The molecule has 1 amide bonds. The first-order valence-corrected chi connectivity index (χ1v) is 24.0. The molecule has 0 rings (SSSR count). The van der Waals surface area contributed by atoms with E-state index in [0.29, 0.717) is 19.3 Å². The summed E-state index contributed by atoms with van der Waals surface area (Å²) >= 11 is 0. The number of carbonyl (C=O) groups excluding carboxylic acids is 1. The van der Waals surface area contributed by atoms with Crippen molar-refractivity contribution in [1.29, 1.82) is 0 Å². The van der Waals surface area contributed by atoms with E-state index in [1.54, 1.807) is 0 Å². The Bertz CT molecular complexity index is 930. The topological polar surface area (TPSA) is 110 Å². The molecule has 0 fully saturated rings. The standard InChI is InChI=1S/C50H93NO5/c1-3-5-7-9-11-13-15-17-19-20-21-22-23-24-25-26-27-28-29-30-32-33-35-37-39-41-43-47(53)49(55)46(45-52)51-50(56)48(54)44-42-40-38-36-34-31-18-16-14-12-10-8-6-4-2/h14,16,25-26,29-30,35,37,46-49,52-55H,3-13,15,17-24,27-28,31-34,36,38-45H2,1-2H3,(H,51,56)/b16-14-,26-25+,30-29+,37-35+. The Morgan fingerprint density at radius 1 is 0.429 bits per heavy atom. The van der Waals surface area contributed by atoms with Crippen LogP contribution < -0.4 is 5.32 Å². The third-order valence-electron chi connectivity index (χ3n) is 11.0. The molecule has 0 saturated heterocycles. The summed E-state index contributed by atoms with van der Waals surface area (Å²) in [6, 6.07) is -1.01. The predicted octanol–water partition coefficient (Wildman–Crippen LogP) is 13.1. The number of carbonyl (C=O) groups is 1. The Labute approximate surface area is 347 Å². The normalized spacial score (nSPS) is 14.5. The number of aliphatic hydroxyl groups excluding tert-OH is 4. The monoisotopic (exact) mass is 788 g/mol. The molecular formula is C50H93NO5. The van der Waals surface area contributed by atoms with Gasteiger partial charge in [0, 0.05) is 0 Å². The van der Waals surface area contributed by atoms with Gasteiger partial charge in [0.2, 0.25) is 5.91 Å². The maximum atomic E-state index is 12.5. The van der Waals surface area contributed by atoms with E-state index in [1.165, 1.54) is 135 Å². The number of amides is 1. The summed E-state index contributed by atoms with van der Waals surface area (Å²) < 4.78 is 0.